The van der Waals surface area contributed by atoms with Crippen LogP contribution < -0.4 is 16.2 Å². The minimum atomic E-state index is -0.518. The molecule has 0 saturated carbocycles. The Bertz CT molecular complexity index is 1620. The van der Waals surface area contributed by atoms with E-state index < -0.39 is 17.2 Å². The van der Waals surface area contributed by atoms with Gasteiger partial charge in [0.25, 0.3) is 11.8 Å². The summed E-state index contributed by atoms with van der Waals surface area (Å²) in [5, 5.41) is 8.17. The lowest BCUT2D eigenvalue weighted by Gasteiger charge is -2.15. The number of carbonyl (C=O) groups excluding carboxylic acids is 2. The van der Waals surface area contributed by atoms with E-state index in [2.05, 4.69) is 20.8 Å². The number of carbonyl (C=O) groups is 2. The van der Waals surface area contributed by atoms with Gasteiger partial charge in [-0.05, 0) is 54.4 Å². The van der Waals surface area contributed by atoms with Gasteiger partial charge in [-0.15, -0.1) is 0 Å². The van der Waals surface area contributed by atoms with Crippen LogP contribution in [0.25, 0.3) is 10.9 Å². The number of halogens is 2. The second-order valence-corrected chi connectivity index (χ2v) is 9.43. The van der Waals surface area contributed by atoms with Crippen molar-refractivity contribution in [1.29, 1.82) is 0 Å². The Morgan fingerprint density at radius 3 is 2.51 bits per heavy atom. The van der Waals surface area contributed by atoms with Gasteiger partial charge in [0.1, 0.15) is 5.56 Å². The van der Waals surface area contributed by atoms with Crippen LogP contribution in [0.2, 0.25) is 10.0 Å². The van der Waals surface area contributed by atoms with Gasteiger partial charge >= 0.3 is 0 Å². The molecule has 0 aliphatic carbocycles. The number of fused-ring (bicyclic) bond motifs is 1. The van der Waals surface area contributed by atoms with Crippen LogP contribution >= 0.6 is 23.2 Å². The molecule has 4 aromatic rings. The van der Waals surface area contributed by atoms with Crippen molar-refractivity contribution < 1.29 is 14.3 Å². The first kappa shape index (κ1) is 28.0. The molecule has 0 aliphatic heterocycles. The molecule has 0 saturated heterocycles. The Kier molecular flexibility index (Phi) is 9.08. The van der Waals surface area contributed by atoms with Crippen molar-refractivity contribution in [2.75, 3.05) is 20.3 Å². The number of nitrogens with one attached hydrogen (secondary N) is 2. The van der Waals surface area contributed by atoms with E-state index in [-0.39, 0.29) is 12.1 Å². The minimum absolute atomic E-state index is 0.0265. The molecule has 200 valence electrons. The second kappa shape index (κ2) is 12.7. The number of hydrogen-bond acceptors (Lipinski definition) is 6. The smallest absolute Gasteiger partial charge is 0.271 e. The Balaban J connectivity index is 1.75. The highest BCUT2D eigenvalue weighted by Crippen LogP contribution is 2.24. The molecule has 2 aromatic heterocycles. The largest absolute Gasteiger partial charge is 0.383 e. The predicted octanol–water partition coefficient (Wildman–Crippen LogP) is 4.28. The zero-order chi connectivity index (χ0) is 27.9. The van der Waals surface area contributed by atoms with Gasteiger partial charge in [0.2, 0.25) is 5.43 Å². The fourth-order valence-corrected chi connectivity index (χ4v) is 4.35. The molecule has 0 aliphatic rings. The van der Waals surface area contributed by atoms with Crippen LogP contribution in [0.5, 0.6) is 0 Å². The predicted molar refractivity (Wildman–Crippen MR) is 152 cm³/mol. The van der Waals surface area contributed by atoms with Crippen molar-refractivity contribution in [3.05, 3.63) is 110 Å². The maximum Gasteiger partial charge on any atom is 0.271 e. The first-order valence-electron chi connectivity index (χ1n) is 11.9. The Morgan fingerprint density at radius 2 is 1.79 bits per heavy atom. The molecule has 2 N–H and O–H groups in total. The maximum atomic E-state index is 13.5. The van der Waals surface area contributed by atoms with E-state index in [1.54, 1.807) is 60.0 Å². The van der Waals surface area contributed by atoms with E-state index in [0.29, 0.717) is 50.9 Å². The number of ether oxygens (including phenoxy) is 1. The molecule has 0 unspecified atom stereocenters. The molecule has 9 nitrogen and oxygen atoms in total. The van der Waals surface area contributed by atoms with Crippen molar-refractivity contribution >= 4 is 51.6 Å². The van der Waals surface area contributed by atoms with E-state index in [1.165, 1.54) is 25.7 Å². The lowest BCUT2D eigenvalue weighted by molar-refractivity contribution is 0.0932. The SMILES string of the molecule is COCCNC(=O)c1cn(Cc2ccc(Cl)cc2Cl)c2ccc(/C(C)=N/NC(=O)c3ccncc3)cc2c1=O. The lowest BCUT2D eigenvalue weighted by atomic mass is 10.0. The van der Waals surface area contributed by atoms with Gasteiger partial charge in [0.15, 0.2) is 0 Å². The molecule has 11 heteroatoms. The number of benzene rings is 2. The monoisotopic (exact) mass is 565 g/mol. The molecule has 2 aromatic carbocycles. The maximum absolute atomic E-state index is 13.5. The Hall–Kier alpha value is -4.05. The molecular weight excluding hydrogens is 541 g/mol. The number of hydrazone groups is 1. The average Bonchev–Trinajstić information content (AvgIpc) is 2.94. The van der Waals surface area contributed by atoms with Gasteiger partial charge < -0.3 is 14.6 Å². The third-order valence-electron chi connectivity index (χ3n) is 5.96. The molecule has 0 radical (unpaired) electrons. The Labute approximate surface area is 234 Å². The number of hydrogen-bond donors (Lipinski definition) is 2. The standard InChI is InChI=1S/C28H25Cl2N5O4/c1-17(33-34-27(37)18-7-9-31-10-8-18)19-4-6-25-22(13-19)26(36)23(28(38)32-11-12-39-2)16-35(25)15-20-3-5-21(29)14-24(20)30/h3-10,13-14,16H,11-12,15H2,1-2H3,(H,32,38)(H,34,37)/b33-17+. The number of methoxy groups -OCH3 is 1. The third-order valence-corrected chi connectivity index (χ3v) is 6.54. The average molecular weight is 566 g/mol. The summed E-state index contributed by atoms with van der Waals surface area (Å²) in [5.74, 6) is -0.912. The van der Waals surface area contributed by atoms with Gasteiger partial charge in [0, 0.05) is 59.8 Å². The van der Waals surface area contributed by atoms with E-state index >= 15 is 0 Å². The summed E-state index contributed by atoms with van der Waals surface area (Å²) in [6.45, 7) is 2.55. The van der Waals surface area contributed by atoms with E-state index in [9.17, 15) is 14.4 Å². The third kappa shape index (κ3) is 6.69. The van der Waals surface area contributed by atoms with Crippen molar-refractivity contribution in [3.63, 3.8) is 0 Å². The first-order valence-corrected chi connectivity index (χ1v) is 12.7. The fraction of sp³-hybridized carbons (Fsp3) is 0.179. The summed E-state index contributed by atoms with van der Waals surface area (Å²) < 4.78 is 6.78. The summed E-state index contributed by atoms with van der Waals surface area (Å²) in [6, 6.07) is 13.5. The molecule has 39 heavy (non-hydrogen) atoms. The van der Waals surface area contributed by atoms with Crippen LogP contribution in [0.1, 0.15) is 38.8 Å². The molecule has 2 heterocycles. The topological polar surface area (TPSA) is 115 Å². The van der Waals surface area contributed by atoms with E-state index in [4.69, 9.17) is 27.9 Å². The molecule has 2 amide bonds. The highest BCUT2D eigenvalue weighted by Gasteiger charge is 2.17. The normalized spacial score (nSPS) is 11.4. The van der Waals surface area contributed by atoms with E-state index in [0.717, 1.165) is 5.56 Å². The fourth-order valence-electron chi connectivity index (χ4n) is 3.88. The summed E-state index contributed by atoms with van der Waals surface area (Å²) >= 11 is 12.5. The van der Waals surface area contributed by atoms with Crippen LogP contribution in [0.4, 0.5) is 0 Å². The number of rotatable bonds is 9. The van der Waals surface area contributed by atoms with Crippen LogP contribution in [0.3, 0.4) is 0 Å². The number of aromatic nitrogens is 2. The zero-order valence-corrected chi connectivity index (χ0v) is 22.7. The zero-order valence-electron chi connectivity index (χ0n) is 21.2. The molecule has 0 atom stereocenters. The highest BCUT2D eigenvalue weighted by atomic mass is 35.5. The number of nitrogens with zero attached hydrogens (tertiary/aromatic N) is 3. The van der Waals surface area contributed by atoms with Crippen LogP contribution in [-0.2, 0) is 11.3 Å². The van der Waals surface area contributed by atoms with Gasteiger partial charge in [-0.1, -0.05) is 35.3 Å². The second-order valence-electron chi connectivity index (χ2n) is 8.59. The summed E-state index contributed by atoms with van der Waals surface area (Å²) in [4.78, 5) is 42.7. The van der Waals surface area contributed by atoms with Crippen LogP contribution in [-0.4, -0.2) is 47.3 Å². The number of pyridine rings is 2. The number of amides is 2. The van der Waals surface area contributed by atoms with Crippen LogP contribution in [0.15, 0.2) is 77.0 Å². The molecule has 0 spiro atoms. The van der Waals surface area contributed by atoms with Crippen molar-refractivity contribution in [3.8, 4) is 0 Å². The molecular formula is C28H25Cl2N5O4. The first-order chi connectivity index (χ1) is 18.8. The quantitative estimate of drug-likeness (QED) is 0.178. The van der Waals surface area contributed by atoms with Crippen molar-refractivity contribution in [2.24, 2.45) is 5.10 Å². The summed E-state index contributed by atoms with van der Waals surface area (Å²) in [7, 11) is 1.52. The summed E-state index contributed by atoms with van der Waals surface area (Å²) in [6.07, 6.45) is 4.55. The van der Waals surface area contributed by atoms with Gasteiger partial charge in [-0.25, -0.2) is 5.43 Å². The molecule has 0 bridgehead atoms. The van der Waals surface area contributed by atoms with Crippen LogP contribution in [0, 0.1) is 0 Å². The lowest BCUT2D eigenvalue weighted by Crippen LogP contribution is -2.32. The van der Waals surface area contributed by atoms with Crippen molar-refractivity contribution in [1.82, 2.24) is 20.3 Å². The van der Waals surface area contributed by atoms with E-state index in [1.807, 2.05) is 0 Å². The molecule has 4 rings (SSSR count). The minimum Gasteiger partial charge on any atom is -0.383 e. The highest BCUT2D eigenvalue weighted by molar-refractivity contribution is 6.35. The summed E-state index contributed by atoms with van der Waals surface area (Å²) in [5.41, 5.74) is 4.89. The van der Waals surface area contributed by atoms with Gasteiger partial charge in [-0.2, -0.15) is 5.10 Å². The van der Waals surface area contributed by atoms with Gasteiger partial charge in [0.05, 0.1) is 17.8 Å². The van der Waals surface area contributed by atoms with Gasteiger partial charge in [-0.3, -0.25) is 19.4 Å². The van der Waals surface area contributed by atoms with Crippen molar-refractivity contribution in [2.45, 2.75) is 13.5 Å². The molecule has 0 fully saturated rings. The Morgan fingerprint density at radius 1 is 1.03 bits per heavy atom.